The average Bonchev–Trinajstić information content (AvgIpc) is 3.02. The Hall–Kier alpha value is -2.31. The molecule has 156 valence electrons. The Kier molecular flexibility index (Phi) is 6.98. The smallest absolute Gasteiger partial charge is 0.266 e. The SMILES string of the molecule is O=C1C(=Cc2ccccc2OCc2ccc(Cl)cc2Cl)SC(=S)N1Cc1ccccc1. The zero-order valence-corrected chi connectivity index (χ0v) is 19.4. The maximum atomic E-state index is 13.0. The summed E-state index contributed by atoms with van der Waals surface area (Å²) in [6.45, 7) is 0.742. The van der Waals surface area contributed by atoms with Crippen molar-refractivity contribution in [2.45, 2.75) is 13.2 Å². The van der Waals surface area contributed by atoms with E-state index < -0.39 is 0 Å². The first-order chi connectivity index (χ1) is 15.0. The highest BCUT2D eigenvalue weighted by Gasteiger charge is 2.32. The lowest BCUT2D eigenvalue weighted by molar-refractivity contribution is -0.122. The molecule has 0 bridgehead atoms. The molecule has 0 N–H and O–H groups in total. The summed E-state index contributed by atoms with van der Waals surface area (Å²) < 4.78 is 6.55. The fourth-order valence-electron chi connectivity index (χ4n) is 3.07. The van der Waals surface area contributed by atoms with Gasteiger partial charge in [-0.2, -0.15) is 0 Å². The van der Waals surface area contributed by atoms with Crippen LogP contribution in [0.3, 0.4) is 0 Å². The number of para-hydroxylation sites is 1. The normalized spacial score (nSPS) is 15.0. The van der Waals surface area contributed by atoms with Gasteiger partial charge in [0.1, 0.15) is 16.7 Å². The molecule has 3 nitrogen and oxygen atoms in total. The molecule has 0 aliphatic carbocycles. The van der Waals surface area contributed by atoms with Gasteiger partial charge in [0.25, 0.3) is 5.91 Å². The Balaban J connectivity index is 1.52. The topological polar surface area (TPSA) is 29.5 Å². The summed E-state index contributed by atoms with van der Waals surface area (Å²) in [5, 5.41) is 1.12. The Morgan fingerprint density at radius 2 is 1.74 bits per heavy atom. The molecule has 3 aromatic rings. The van der Waals surface area contributed by atoms with Crippen molar-refractivity contribution in [3.63, 3.8) is 0 Å². The van der Waals surface area contributed by atoms with Gasteiger partial charge in [-0.1, -0.05) is 102 Å². The second-order valence-electron chi connectivity index (χ2n) is 6.82. The Labute approximate surface area is 200 Å². The first kappa shape index (κ1) is 21.9. The van der Waals surface area contributed by atoms with Gasteiger partial charge in [0, 0.05) is 21.2 Å². The first-order valence-electron chi connectivity index (χ1n) is 9.46. The number of halogens is 2. The number of hydrogen-bond acceptors (Lipinski definition) is 4. The molecule has 0 atom stereocenters. The van der Waals surface area contributed by atoms with Crippen LogP contribution in [0.1, 0.15) is 16.7 Å². The summed E-state index contributed by atoms with van der Waals surface area (Å²) in [6.07, 6.45) is 1.82. The van der Waals surface area contributed by atoms with Gasteiger partial charge in [0.2, 0.25) is 0 Å². The van der Waals surface area contributed by atoms with E-state index in [0.29, 0.717) is 31.6 Å². The van der Waals surface area contributed by atoms with Crippen molar-refractivity contribution in [3.05, 3.63) is 104 Å². The van der Waals surface area contributed by atoms with E-state index in [0.717, 1.165) is 16.7 Å². The Morgan fingerprint density at radius 1 is 1.00 bits per heavy atom. The summed E-state index contributed by atoms with van der Waals surface area (Å²) in [5.41, 5.74) is 2.66. The van der Waals surface area contributed by atoms with Crippen molar-refractivity contribution in [3.8, 4) is 5.75 Å². The molecule has 1 saturated heterocycles. The number of hydrogen-bond donors (Lipinski definition) is 0. The Bertz CT molecular complexity index is 1170. The molecule has 7 heteroatoms. The highest BCUT2D eigenvalue weighted by atomic mass is 35.5. The molecule has 0 spiro atoms. The van der Waals surface area contributed by atoms with Gasteiger partial charge in [0.05, 0.1) is 11.4 Å². The van der Waals surface area contributed by atoms with Crippen LogP contribution in [0.5, 0.6) is 5.75 Å². The zero-order chi connectivity index (χ0) is 21.8. The van der Waals surface area contributed by atoms with E-state index >= 15 is 0 Å². The predicted octanol–water partition coefficient (Wildman–Crippen LogP) is 6.97. The molecule has 1 aliphatic heterocycles. The van der Waals surface area contributed by atoms with E-state index in [1.807, 2.05) is 66.7 Å². The van der Waals surface area contributed by atoms with Crippen LogP contribution in [0, 0.1) is 0 Å². The molecule has 3 aromatic carbocycles. The first-order valence-corrected chi connectivity index (χ1v) is 11.4. The fourth-order valence-corrected chi connectivity index (χ4v) is 4.78. The maximum Gasteiger partial charge on any atom is 0.266 e. The van der Waals surface area contributed by atoms with Gasteiger partial charge in [-0.3, -0.25) is 9.69 Å². The number of carbonyl (C=O) groups excluding carboxylic acids is 1. The second kappa shape index (κ2) is 9.88. The van der Waals surface area contributed by atoms with Crippen molar-refractivity contribution in [1.29, 1.82) is 0 Å². The highest BCUT2D eigenvalue weighted by Crippen LogP contribution is 2.35. The molecule has 0 radical (unpaired) electrons. The largest absolute Gasteiger partial charge is 0.488 e. The molecule has 1 amide bonds. The number of rotatable bonds is 6. The van der Waals surface area contributed by atoms with Crippen LogP contribution < -0.4 is 4.74 Å². The second-order valence-corrected chi connectivity index (χ2v) is 9.34. The van der Waals surface area contributed by atoms with Gasteiger partial charge in [-0.15, -0.1) is 0 Å². The van der Waals surface area contributed by atoms with Gasteiger partial charge < -0.3 is 4.74 Å². The van der Waals surface area contributed by atoms with E-state index in [9.17, 15) is 4.79 Å². The standard InChI is InChI=1S/C24H17Cl2NO2S2/c25-19-11-10-18(20(26)13-19)15-29-21-9-5-4-8-17(21)12-22-23(28)27(24(30)31-22)14-16-6-2-1-3-7-16/h1-13H,14-15H2. The lowest BCUT2D eigenvalue weighted by atomic mass is 10.1. The van der Waals surface area contributed by atoms with Crippen LogP contribution >= 0.6 is 47.2 Å². The van der Waals surface area contributed by atoms with Gasteiger partial charge in [-0.25, -0.2) is 0 Å². The van der Waals surface area contributed by atoms with E-state index in [2.05, 4.69) is 0 Å². The Morgan fingerprint density at radius 3 is 2.52 bits per heavy atom. The number of carbonyl (C=O) groups is 1. The van der Waals surface area contributed by atoms with Crippen molar-refractivity contribution < 1.29 is 9.53 Å². The van der Waals surface area contributed by atoms with E-state index in [1.165, 1.54) is 11.8 Å². The summed E-state index contributed by atoms with van der Waals surface area (Å²) >= 11 is 19.0. The summed E-state index contributed by atoms with van der Waals surface area (Å²) in [5.74, 6) is 0.552. The fraction of sp³-hybridized carbons (Fsp3) is 0.0833. The monoisotopic (exact) mass is 485 g/mol. The van der Waals surface area contributed by atoms with Crippen LogP contribution in [-0.4, -0.2) is 15.1 Å². The minimum atomic E-state index is -0.102. The van der Waals surface area contributed by atoms with Crippen molar-refractivity contribution >= 4 is 63.5 Å². The summed E-state index contributed by atoms with van der Waals surface area (Å²) in [7, 11) is 0. The third kappa shape index (κ3) is 5.31. The summed E-state index contributed by atoms with van der Waals surface area (Å²) in [4.78, 5) is 15.2. The molecule has 31 heavy (non-hydrogen) atoms. The molecule has 1 heterocycles. The predicted molar refractivity (Wildman–Crippen MR) is 132 cm³/mol. The zero-order valence-electron chi connectivity index (χ0n) is 16.3. The molecule has 1 aliphatic rings. The van der Waals surface area contributed by atoms with E-state index in [4.69, 9.17) is 40.2 Å². The van der Waals surface area contributed by atoms with Crippen molar-refractivity contribution in [2.24, 2.45) is 0 Å². The molecular formula is C24H17Cl2NO2S2. The lowest BCUT2D eigenvalue weighted by Gasteiger charge is -2.14. The molecule has 0 saturated carbocycles. The minimum Gasteiger partial charge on any atom is -0.488 e. The summed E-state index contributed by atoms with van der Waals surface area (Å²) in [6, 6.07) is 22.7. The third-order valence-electron chi connectivity index (χ3n) is 4.66. The quantitative estimate of drug-likeness (QED) is 0.278. The minimum absolute atomic E-state index is 0.102. The van der Waals surface area contributed by atoms with Crippen LogP contribution in [-0.2, 0) is 17.9 Å². The van der Waals surface area contributed by atoms with Gasteiger partial charge in [0.15, 0.2) is 0 Å². The van der Waals surface area contributed by atoms with Gasteiger partial charge in [-0.05, 0) is 29.8 Å². The number of nitrogens with zero attached hydrogens (tertiary/aromatic N) is 1. The van der Waals surface area contributed by atoms with Crippen molar-refractivity contribution in [1.82, 2.24) is 4.90 Å². The van der Waals surface area contributed by atoms with E-state index in [-0.39, 0.29) is 12.5 Å². The maximum absolute atomic E-state index is 13.0. The van der Waals surface area contributed by atoms with Crippen molar-refractivity contribution in [2.75, 3.05) is 0 Å². The lowest BCUT2D eigenvalue weighted by Crippen LogP contribution is -2.27. The highest BCUT2D eigenvalue weighted by molar-refractivity contribution is 8.26. The molecule has 0 aromatic heterocycles. The number of benzene rings is 3. The number of ether oxygens (including phenoxy) is 1. The average molecular weight is 486 g/mol. The molecule has 0 unspecified atom stereocenters. The molecule has 4 rings (SSSR count). The molecule has 1 fully saturated rings. The number of amides is 1. The van der Waals surface area contributed by atoms with Crippen LogP contribution in [0.15, 0.2) is 77.7 Å². The van der Waals surface area contributed by atoms with Gasteiger partial charge >= 0.3 is 0 Å². The van der Waals surface area contributed by atoms with Crippen LogP contribution in [0.2, 0.25) is 10.0 Å². The number of thioether (sulfide) groups is 1. The molecular weight excluding hydrogens is 469 g/mol. The van der Waals surface area contributed by atoms with E-state index in [1.54, 1.807) is 17.0 Å². The van der Waals surface area contributed by atoms with Crippen LogP contribution in [0.4, 0.5) is 0 Å². The third-order valence-corrected chi connectivity index (χ3v) is 6.63. The van der Waals surface area contributed by atoms with Crippen LogP contribution in [0.25, 0.3) is 6.08 Å². The number of thiocarbonyl (C=S) groups is 1.